The topological polar surface area (TPSA) is 96.0 Å². The lowest BCUT2D eigenvalue weighted by molar-refractivity contribution is -0.140. The van der Waals surface area contributed by atoms with Gasteiger partial charge in [-0.2, -0.15) is 0 Å². The molecule has 1 N–H and O–H groups in total. The summed E-state index contributed by atoms with van der Waals surface area (Å²) in [4.78, 5) is 30.4. The van der Waals surface area contributed by atoms with Crippen LogP contribution in [0.4, 0.5) is 5.69 Å². The van der Waals surface area contributed by atoms with Gasteiger partial charge < -0.3 is 15.0 Å². The van der Waals surface area contributed by atoms with Crippen LogP contribution in [0.1, 0.15) is 42.4 Å². The van der Waals surface area contributed by atoms with E-state index in [1.54, 1.807) is 36.4 Å². The number of nitrogens with zero attached hydrogens (tertiary/aromatic N) is 2. The molecule has 0 spiro atoms. The minimum Gasteiger partial charge on any atom is -0.497 e. The average molecular weight is 719 g/mol. The standard InChI is InChI=1S/C37H40BrN3O5S/c1-27-18-20-34(21-19-27)47(44,45)41(32-16-9-17-33(24-32)46-2)26-36(42)40(25-29-12-8-13-30(38)22-29)35(23-28-10-4-3-5-11-28)37(43)39-31-14-6-7-15-31/h3-5,8-13,16-22,24,31,35H,6-7,14-15,23,25-26H2,1-2H3,(H,39,43)/t35-/m1/s1. The summed E-state index contributed by atoms with van der Waals surface area (Å²) < 4.78 is 35.9. The van der Waals surface area contributed by atoms with Crippen molar-refractivity contribution in [2.75, 3.05) is 18.0 Å². The molecule has 5 rings (SSSR count). The molecule has 4 aromatic carbocycles. The van der Waals surface area contributed by atoms with Crippen molar-refractivity contribution < 1.29 is 22.7 Å². The van der Waals surface area contributed by atoms with E-state index in [0.717, 1.165) is 51.2 Å². The number of carbonyl (C=O) groups excluding carboxylic acids is 2. The maximum Gasteiger partial charge on any atom is 0.264 e. The van der Waals surface area contributed by atoms with Crippen LogP contribution in [0.25, 0.3) is 0 Å². The molecular weight excluding hydrogens is 678 g/mol. The summed E-state index contributed by atoms with van der Waals surface area (Å²) in [5.41, 5.74) is 2.87. The molecule has 1 aliphatic carbocycles. The van der Waals surface area contributed by atoms with Crippen molar-refractivity contribution in [1.82, 2.24) is 10.2 Å². The molecule has 246 valence electrons. The minimum atomic E-state index is -4.21. The van der Waals surface area contributed by atoms with Gasteiger partial charge in [-0.25, -0.2) is 8.42 Å². The molecule has 0 bridgehead atoms. The fourth-order valence-electron chi connectivity index (χ4n) is 5.89. The first-order valence-electron chi connectivity index (χ1n) is 15.8. The Bertz CT molecular complexity index is 1780. The van der Waals surface area contributed by atoms with Crippen LogP contribution in [0.2, 0.25) is 0 Å². The van der Waals surface area contributed by atoms with Gasteiger partial charge in [-0.1, -0.05) is 95.0 Å². The van der Waals surface area contributed by atoms with Crippen molar-refractivity contribution in [2.24, 2.45) is 0 Å². The number of carbonyl (C=O) groups is 2. The lowest BCUT2D eigenvalue weighted by Crippen LogP contribution is -2.54. The molecule has 1 saturated carbocycles. The molecular formula is C37H40BrN3O5S. The molecule has 0 aliphatic heterocycles. The Morgan fingerprint density at radius 1 is 0.894 bits per heavy atom. The first kappa shape index (κ1) is 34.2. The van der Waals surface area contributed by atoms with E-state index in [4.69, 9.17) is 4.74 Å². The quantitative estimate of drug-likeness (QED) is 0.167. The third-order valence-electron chi connectivity index (χ3n) is 8.44. The van der Waals surface area contributed by atoms with E-state index in [9.17, 15) is 18.0 Å². The molecule has 0 saturated heterocycles. The second-order valence-electron chi connectivity index (χ2n) is 11.9. The summed E-state index contributed by atoms with van der Waals surface area (Å²) in [5, 5.41) is 3.20. The summed E-state index contributed by atoms with van der Waals surface area (Å²) in [7, 11) is -2.71. The number of amides is 2. The van der Waals surface area contributed by atoms with E-state index >= 15 is 0 Å². The van der Waals surface area contributed by atoms with E-state index < -0.39 is 28.5 Å². The number of rotatable bonds is 13. The molecule has 8 nitrogen and oxygen atoms in total. The Morgan fingerprint density at radius 2 is 1.57 bits per heavy atom. The Kier molecular flexibility index (Phi) is 11.4. The van der Waals surface area contributed by atoms with Gasteiger partial charge in [-0.15, -0.1) is 0 Å². The number of halogens is 1. The number of aryl methyl sites for hydroxylation is 1. The van der Waals surface area contributed by atoms with Gasteiger partial charge in [0, 0.05) is 29.5 Å². The Balaban J connectivity index is 1.58. The zero-order valence-electron chi connectivity index (χ0n) is 26.6. The molecule has 4 aromatic rings. The predicted octanol–water partition coefficient (Wildman–Crippen LogP) is 6.66. The van der Waals surface area contributed by atoms with Gasteiger partial charge in [0.15, 0.2) is 0 Å². The first-order chi connectivity index (χ1) is 22.6. The van der Waals surface area contributed by atoms with Crippen LogP contribution in [0.5, 0.6) is 5.75 Å². The van der Waals surface area contributed by atoms with Gasteiger partial charge in [0.25, 0.3) is 10.0 Å². The number of sulfonamides is 1. The molecule has 10 heteroatoms. The first-order valence-corrected chi connectivity index (χ1v) is 18.0. The van der Waals surface area contributed by atoms with Crippen molar-refractivity contribution >= 4 is 43.5 Å². The van der Waals surface area contributed by atoms with Gasteiger partial charge >= 0.3 is 0 Å². The lowest BCUT2D eigenvalue weighted by Gasteiger charge is -2.34. The zero-order chi connectivity index (χ0) is 33.4. The maximum atomic E-state index is 14.7. The molecule has 1 aliphatic rings. The van der Waals surface area contributed by atoms with Crippen LogP contribution >= 0.6 is 15.9 Å². The molecule has 0 unspecified atom stereocenters. The van der Waals surface area contributed by atoms with E-state index in [-0.39, 0.29) is 35.5 Å². The van der Waals surface area contributed by atoms with Crippen molar-refractivity contribution in [1.29, 1.82) is 0 Å². The predicted molar refractivity (Wildman–Crippen MR) is 188 cm³/mol. The second-order valence-corrected chi connectivity index (χ2v) is 14.7. The molecule has 0 heterocycles. The Labute approximate surface area is 285 Å². The zero-order valence-corrected chi connectivity index (χ0v) is 29.0. The SMILES string of the molecule is COc1cccc(N(CC(=O)N(Cc2cccc(Br)c2)[C@H](Cc2ccccc2)C(=O)NC2CCCC2)S(=O)(=O)c2ccc(C)cc2)c1. The number of hydrogen-bond donors (Lipinski definition) is 1. The molecule has 0 aromatic heterocycles. The van der Waals surface area contributed by atoms with Gasteiger partial charge in [-0.3, -0.25) is 13.9 Å². The number of ether oxygens (including phenoxy) is 1. The van der Waals surface area contributed by atoms with Crippen LogP contribution in [0, 0.1) is 6.92 Å². The van der Waals surface area contributed by atoms with Gasteiger partial charge in [0.2, 0.25) is 11.8 Å². The van der Waals surface area contributed by atoms with Crippen LogP contribution in [0.3, 0.4) is 0 Å². The van der Waals surface area contributed by atoms with Crippen molar-refractivity contribution in [3.63, 3.8) is 0 Å². The highest BCUT2D eigenvalue weighted by Gasteiger charge is 2.35. The van der Waals surface area contributed by atoms with E-state index in [0.29, 0.717) is 5.75 Å². The van der Waals surface area contributed by atoms with Crippen LogP contribution in [-0.4, -0.2) is 50.9 Å². The summed E-state index contributed by atoms with van der Waals surface area (Å²) in [5.74, 6) is -0.313. The van der Waals surface area contributed by atoms with E-state index in [2.05, 4.69) is 21.2 Å². The van der Waals surface area contributed by atoms with Crippen molar-refractivity contribution in [2.45, 2.75) is 62.6 Å². The van der Waals surface area contributed by atoms with Crippen molar-refractivity contribution in [3.05, 3.63) is 124 Å². The van der Waals surface area contributed by atoms with Crippen LogP contribution in [0.15, 0.2) is 112 Å². The van der Waals surface area contributed by atoms with E-state index in [1.807, 2.05) is 61.5 Å². The molecule has 47 heavy (non-hydrogen) atoms. The van der Waals surface area contributed by atoms with Crippen LogP contribution < -0.4 is 14.4 Å². The summed E-state index contributed by atoms with van der Waals surface area (Å²) in [6, 6.07) is 29.4. The highest BCUT2D eigenvalue weighted by Crippen LogP contribution is 2.28. The monoisotopic (exact) mass is 717 g/mol. The molecule has 1 atom stereocenters. The summed E-state index contributed by atoms with van der Waals surface area (Å²) in [6.07, 6.45) is 4.13. The van der Waals surface area contributed by atoms with Crippen LogP contribution in [-0.2, 0) is 32.6 Å². The summed E-state index contributed by atoms with van der Waals surface area (Å²) >= 11 is 3.53. The Morgan fingerprint density at radius 3 is 2.26 bits per heavy atom. The fourth-order valence-corrected chi connectivity index (χ4v) is 7.74. The highest BCUT2D eigenvalue weighted by atomic mass is 79.9. The number of anilines is 1. The highest BCUT2D eigenvalue weighted by molar-refractivity contribution is 9.10. The van der Waals surface area contributed by atoms with E-state index in [1.165, 1.54) is 24.1 Å². The van der Waals surface area contributed by atoms with Gasteiger partial charge in [0.1, 0.15) is 18.3 Å². The number of benzene rings is 4. The number of hydrogen-bond acceptors (Lipinski definition) is 5. The number of methoxy groups -OCH3 is 1. The molecule has 0 radical (unpaired) electrons. The fraction of sp³-hybridized carbons (Fsp3) is 0.297. The van der Waals surface area contributed by atoms with Gasteiger partial charge in [0.05, 0.1) is 17.7 Å². The smallest absolute Gasteiger partial charge is 0.264 e. The van der Waals surface area contributed by atoms with Crippen molar-refractivity contribution in [3.8, 4) is 5.75 Å². The largest absolute Gasteiger partial charge is 0.497 e. The second kappa shape index (κ2) is 15.6. The Hall–Kier alpha value is -4.15. The summed E-state index contributed by atoms with van der Waals surface area (Å²) in [6.45, 7) is 1.45. The normalized spacial score (nSPS) is 13.9. The third-order valence-corrected chi connectivity index (χ3v) is 10.7. The average Bonchev–Trinajstić information content (AvgIpc) is 3.59. The molecule has 1 fully saturated rings. The van der Waals surface area contributed by atoms with Gasteiger partial charge in [-0.05, 0) is 67.3 Å². The number of nitrogens with one attached hydrogen (secondary N) is 1. The third kappa shape index (κ3) is 8.81. The molecule has 2 amide bonds. The maximum absolute atomic E-state index is 14.7. The minimum absolute atomic E-state index is 0.0405. The lowest BCUT2D eigenvalue weighted by atomic mass is 10.0.